The molecule has 1 atom stereocenters. The Morgan fingerprint density at radius 2 is 2.10 bits per heavy atom. The molecule has 5 nitrogen and oxygen atoms in total. The molecule has 158 valence electrons. The smallest absolute Gasteiger partial charge is 0.187 e. The number of aliphatic hydroxyl groups excluding tert-OH is 1. The number of aliphatic imine (C=N–C) groups is 1. The molecule has 0 bridgehead atoms. The fourth-order valence-corrected chi connectivity index (χ4v) is 4.82. The molecule has 1 aliphatic heterocycles. The van der Waals surface area contributed by atoms with Crippen LogP contribution in [0.25, 0.3) is 0 Å². The summed E-state index contributed by atoms with van der Waals surface area (Å²) in [5, 5.41) is 10.3. The highest BCUT2D eigenvalue weighted by molar-refractivity contribution is 8.17. The molecule has 2 aromatic rings. The summed E-state index contributed by atoms with van der Waals surface area (Å²) in [6.07, 6.45) is 1.74. The predicted molar refractivity (Wildman–Crippen MR) is 120 cm³/mol. The Balaban J connectivity index is 1.95. The van der Waals surface area contributed by atoms with Gasteiger partial charge in [-0.1, -0.05) is 41.0 Å². The number of aromatic nitrogens is 1. The van der Waals surface area contributed by atoms with E-state index in [4.69, 9.17) is 28.9 Å². The molecule has 3 rings (SSSR count). The maximum absolute atomic E-state index is 14.8. The van der Waals surface area contributed by atoms with E-state index in [0.29, 0.717) is 27.7 Å². The lowest BCUT2D eigenvalue weighted by molar-refractivity contribution is 0.0988. The second-order valence-corrected chi connectivity index (χ2v) is 9.22. The first-order chi connectivity index (χ1) is 14.1. The number of hydrogen-bond donors (Lipinski definition) is 2. The molecule has 1 aromatic heterocycles. The minimum Gasteiger partial charge on any atom is -0.392 e. The number of carbonyl (C=O) groups is 1. The first kappa shape index (κ1) is 22.7. The zero-order valence-corrected chi connectivity index (χ0v) is 18.7. The summed E-state index contributed by atoms with van der Waals surface area (Å²) in [6.45, 7) is 3.47. The molecule has 1 aliphatic rings. The van der Waals surface area contributed by atoms with E-state index < -0.39 is 11.4 Å². The summed E-state index contributed by atoms with van der Waals surface area (Å²) < 4.78 is 14.8. The number of ketones is 1. The Morgan fingerprint density at radius 3 is 2.77 bits per heavy atom. The highest BCUT2D eigenvalue weighted by atomic mass is 35.5. The van der Waals surface area contributed by atoms with E-state index in [-0.39, 0.29) is 29.5 Å². The van der Waals surface area contributed by atoms with Crippen molar-refractivity contribution in [2.45, 2.75) is 32.2 Å². The first-order valence-corrected chi connectivity index (χ1v) is 10.7. The normalized spacial score (nSPS) is 20.7. The van der Waals surface area contributed by atoms with Crippen molar-refractivity contribution in [1.29, 1.82) is 0 Å². The van der Waals surface area contributed by atoms with Crippen LogP contribution in [0.3, 0.4) is 0 Å². The molecule has 0 saturated carbocycles. The van der Waals surface area contributed by atoms with Crippen molar-refractivity contribution in [3.8, 4) is 0 Å². The van der Waals surface area contributed by atoms with Crippen molar-refractivity contribution in [2.75, 3.05) is 6.61 Å². The number of amidine groups is 1. The number of Topliss-reactive ketones (excluding diaryl/α,β-unsaturated/α-hetero) is 1. The number of thioether (sulfide) groups is 1. The molecule has 2 heterocycles. The Kier molecular flexibility index (Phi) is 6.87. The predicted octanol–water partition coefficient (Wildman–Crippen LogP) is 4.89. The Morgan fingerprint density at radius 1 is 1.37 bits per heavy atom. The third kappa shape index (κ3) is 4.86. The van der Waals surface area contributed by atoms with Gasteiger partial charge in [-0.3, -0.25) is 9.79 Å². The molecule has 0 fully saturated rings. The van der Waals surface area contributed by atoms with E-state index >= 15 is 0 Å². The fourth-order valence-electron chi connectivity index (χ4n) is 3.25. The zero-order valence-electron chi connectivity index (χ0n) is 16.4. The number of aliphatic hydroxyl groups is 1. The number of nitrogens with two attached hydrogens (primary N) is 1. The van der Waals surface area contributed by atoms with Crippen LogP contribution in [0.15, 0.2) is 45.9 Å². The van der Waals surface area contributed by atoms with E-state index in [1.165, 1.54) is 30.1 Å². The molecule has 1 aromatic carbocycles. The number of nitrogens with zero attached hydrogens (tertiary/aromatic N) is 2. The van der Waals surface area contributed by atoms with Gasteiger partial charge in [-0.05, 0) is 48.1 Å². The Bertz CT molecular complexity index is 1070. The topological polar surface area (TPSA) is 88.6 Å². The lowest BCUT2D eigenvalue weighted by atomic mass is 9.86. The lowest BCUT2D eigenvalue weighted by Gasteiger charge is -2.32. The highest BCUT2D eigenvalue weighted by Crippen LogP contribution is 2.43. The van der Waals surface area contributed by atoms with Gasteiger partial charge in [-0.15, -0.1) is 0 Å². The van der Waals surface area contributed by atoms with Gasteiger partial charge in [0.1, 0.15) is 11.5 Å². The summed E-state index contributed by atoms with van der Waals surface area (Å²) in [5.74, 6) is -0.751. The van der Waals surface area contributed by atoms with Crippen LogP contribution in [0.2, 0.25) is 10.0 Å². The number of halogens is 3. The maximum atomic E-state index is 14.8. The van der Waals surface area contributed by atoms with Crippen LogP contribution in [0.5, 0.6) is 0 Å². The molecular formula is C21H20Cl2FN3O2S. The molecule has 0 aliphatic carbocycles. The first-order valence-electron chi connectivity index (χ1n) is 9.09. The quantitative estimate of drug-likeness (QED) is 0.611. The van der Waals surface area contributed by atoms with Gasteiger partial charge in [-0.2, -0.15) is 0 Å². The average molecular weight is 468 g/mol. The van der Waals surface area contributed by atoms with E-state index in [9.17, 15) is 14.3 Å². The van der Waals surface area contributed by atoms with Gasteiger partial charge in [0, 0.05) is 24.6 Å². The van der Waals surface area contributed by atoms with Crippen LogP contribution >= 0.6 is 35.0 Å². The lowest BCUT2D eigenvalue weighted by Crippen LogP contribution is -2.29. The molecule has 9 heteroatoms. The Hall–Kier alpha value is -1.93. The van der Waals surface area contributed by atoms with E-state index in [2.05, 4.69) is 9.98 Å². The SMILES string of the molecule is C/C(CO)=C1\C[C@@](C)(c2cc(CC(=O)c3ncc(Cl)cc3Cl)ccc2F)N=C(N)S1. The summed E-state index contributed by atoms with van der Waals surface area (Å²) in [5.41, 5.74) is 6.83. The van der Waals surface area contributed by atoms with Crippen molar-refractivity contribution < 1.29 is 14.3 Å². The van der Waals surface area contributed by atoms with Gasteiger partial charge in [-0.25, -0.2) is 9.37 Å². The van der Waals surface area contributed by atoms with E-state index in [0.717, 1.165) is 10.5 Å². The van der Waals surface area contributed by atoms with Crippen LogP contribution in [0, 0.1) is 5.82 Å². The fraction of sp³-hybridized carbons (Fsp3) is 0.286. The maximum Gasteiger partial charge on any atom is 0.187 e. The van der Waals surface area contributed by atoms with Crippen molar-refractivity contribution in [2.24, 2.45) is 10.7 Å². The minimum atomic E-state index is -0.958. The number of carbonyl (C=O) groups excluding carboxylic acids is 1. The number of hydrogen-bond acceptors (Lipinski definition) is 6. The van der Waals surface area contributed by atoms with Crippen LogP contribution in [0.4, 0.5) is 4.39 Å². The average Bonchev–Trinajstić information content (AvgIpc) is 2.67. The standard InChI is InChI=1S/C21H20Cl2FN3O2S/c1-11(10-28)18-8-21(2,27-20(25)30-18)14-5-12(3-4-16(14)24)6-17(29)19-15(23)7-13(22)9-26-19/h3-5,7,9,28H,6,8,10H2,1-2H3,(H2,25,27)/b18-11-/t21-/m0/s1. The zero-order chi connectivity index (χ0) is 22.1. The summed E-state index contributed by atoms with van der Waals surface area (Å²) in [4.78, 5) is 22.0. The second kappa shape index (κ2) is 9.06. The molecule has 0 amide bonds. The van der Waals surface area contributed by atoms with E-state index in [1.807, 2.05) is 0 Å². The summed E-state index contributed by atoms with van der Waals surface area (Å²) >= 11 is 13.2. The summed E-state index contributed by atoms with van der Waals surface area (Å²) in [7, 11) is 0. The second-order valence-electron chi connectivity index (χ2n) is 7.26. The molecule has 0 spiro atoms. The van der Waals surface area contributed by atoms with Gasteiger partial charge in [0.2, 0.25) is 0 Å². The Labute approximate surface area is 188 Å². The van der Waals surface area contributed by atoms with Crippen LogP contribution < -0.4 is 5.73 Å². The van der Waals surface area contributed by atoms with Gasteiger partial charge < -0.3 is 10.8 Å². The number of benzene rings is 1. The van der Waals surface area contributed by atoms with Crippen LogP contribution in [0.1, 0.15) is 41.9 Å². The largest absolute Gasteiger partial charge is 0.392 e. The molecule has 3 N–H and O–H groups in total. The van der Waals surface area contributed by atoms with Gasteiger partial charge in [0.25, 0.3) is 0 Å². The molecule has 0 radical (unpaired) electrons. The van der Waals surface area contributed by atoms with Crippen molar-refractivity contribution in [3.63, 3.8) is 0 Å². The van der Waals surface area contributed by atoms with Crippen LogP contribution in [-0.4, -0.2) is 27.6 Å². The number of rotatable bonds is 5. The monoisotopic (exact) mass is 467 g/mol. The third-order valence-electron chi connectivity index (χ3n) is 4.85. The highest BCUT2D eigenvalue weighted by Gasteiger charge is 2.35. The summed E-state index contributed by atoms with van der Waals surface area (Å²) in [6, 6.07) is 5.94. The number of pyridine rings is 1. The third-order valence-corrected chi connectivity index (χ3v) is 6.38. The van der Waals surface area contributed by atoms with Gasteiger partial charge in [0.05, 0.1) is 22.2 Å². The van der Waals surface area contributed by atoms with Crippen LogP contribution in [-0.2, 0) is 12.0 Å². The van der Waals surface area contributed by atoms with E-state index in [1.54, 1.807) is 26.0 Å². The van der Waals surface area contributed by atoms with Crippen molar-refractivity contribution in [3.05, 3.63) is 73.6 Å². The van der Waals surface area contributed by atoms with Gasteiger partial charge >= 0.3 is 0 Å². The molecule has 0 saturated heterocycles. The molecular weight excluding hydrogens is 448 g/mol. The molecule has 0 unspecified atom stereocenters. The van der Waals surface area contributed by atoms with Crippen molar-refractivity contribution >= 4 is 45.9 Å². The minimum absolute atomic E-state index is 0.00990. The van der Waals surface area contributed by atoms with Gasteiger partial charge in [0.15, 0.2) is 11.0 Å². The molecule has 30 heavy (non-hydrogen) atoms. The van der Waals surface area contributed by atoms with Crippen molar-refractivity contribution in [1.82, 2.24) is 4.98 Å².